The largest absolute Gasteiger partial charge is 0.494 e. The third kappa shape index (κ3) is 10.5. The van der Waals surface area contributed by atoms with Crippen LogP contribution in [0.3, 0.4) is 0 Å². The van der Waals surface area contributed by atoms with Crippen molar-refractivity contribution in [1.29, 1.82) is 0 Å². The maximum Gasteiger partial charge on any atom is 0.123 e. The summed E-state index contributed by atoms with van der Waals surface area (Å²) in [6.45, 7) is 3.04. The predicted octanol–water partition coefficient (Wildman–Crippen LogP) is 12.2. The minimum absolute atomic E-state index is 0.293. The van der Waals surface area contributed by atoms with E-state index < -0.39 is 0 Å². The fourth-order valence-electron chi connectivity index (χ4n) is 5.01. The van der Waals surface area contributed by atoms with Gasteiger partial charge >= 0.3 is 0 Å². The molecule has 4 nitrogen and oxygen atoms in total. The van der Waals surface area contributed by atoms with E-state index in [9.17, 15) is 4.39 Å². The summed E-state index contributed by atoms with van der Waals surface area (Å²) in [6.07, 6.45) is 18.0. The SMILES string of the molecule is CCCCCCCCCCCCCCOc1ccc(C=Nc2ccc(N=Nc3ccc(F)cc3)c3ccccc23)cc1. The molecule has 0 bridgehead atoms. The molecule has 0 N–H and O–H groups in total. The van der Waals surface area contributed by atoms with E-state index in [0.29, 0.717) is 5.69 Å². The van der Waals surface area contributed by atoms with E-state index in [1.54, 1.807) is 12.1 Å². The van der Waals surface area contributed by atoms with Gasteiger partial charge in [-0.25, -0.2) is 4.39 Å². The number of rotatable bonds is 18. The molecule has 4 aromatic carbocycles. The van der Waals surface area contributed by atoms with Gasteiger partial charge in [-0.3, -0.25) is 4.99 Å². The number of nitrogens with zero attached hydrogens (tertiary/aromatic N) is 3. The maximum absolute atomic E-state index is 13.2. The minimum atomic E-state index is -0.293. The molecule has 0 amide bonds. The topological polar surface area (TPSA) is 46.3 Å². The molecule has 0 aromatic heterocycles. The maximum atomic E-state index is 13.2. The van der Waals surface area contributed by atoms with Gasteiger partial charge in [0.05, 0.1) is 23.7 Å². The van der Waals surface area contributed by atoms with Crippen molar-refractivity contribution in [3.63, 3.8) is 0 Å². The number of unbranched alkanes of at least 4 members (excludes halogenated alkanes) is 11. The molecule has 0 aliphatic heterocycles. The summed E-state index contributed by atoms with van der Waals surface area (Å²) in [5.74, 6) is 0.607. The average molecular weight is 566 g/mol. The molecule has 0 unspecified atom stereocenters. The zero-order chi connectivity index (χ0) is 29.2. The number of fused-ring (bicyclic) bond motifs is 1. The van der Waals surface area contributed by atoms with Gasteiger partial charge in [0.25, 0.3) is 0 Å². The standard InChI is InChI=1S/C37H44FN3O/c1-2-3-4-5-6-7-8-9-10-11-12-15-28-42-33-24-18-30(19-25-33)29-39-36-26-27-37(35-17-14-13-16-34(35)36)41-40-32-22-20-31(38)21-23-32/h13-14,16-27,29H,2-12,15,28H2,1H3. The first-order chi connectivity index (χ1) is 20.7. The Kier molecular flexibility index (Phi) is 13.2. The van der Waals surface area contributed by atoms with E-state index in [2.05, 4.69) is 17.2 Å². The summed E-state index contributed by atoms with van der Waals surface area (Å²) in [7, 11) is 0. The van der Waals surface area contributed by atoms with Gasteiger partial charge in [-0.15, -0.1) is 5.11 Å². The van der Waals surface area contributed by atoms with Gasteiger partial charge in [-0.05, 0) is 72.6 Å². The predicted molar refractivity (Wildman–Crippen MR) is 175 cm³/mol. The van der Waals surface area contributed by atoms with Crippen molar-refractivity contribution in [2.24, 2.45) is 15.2 Å². The monoisotopic (exact) mass is 565 g/mol. The van der Waals surface area contributed by atoms with Gasteiger partial charge in [-0.1, -0.05) is 102 Å². The highest BCUT2D eigenvalue weighted by atomic mass is 19.1. The molecule has 4 aromatic rings. The van der Waals surface area contributed by atoms with Crippen LogP contribution in [0.4, 0.5) is 21.5 Å². The lowest BCUT2D eigenvalue weighted by Crippen LogP contribution is -1.97. The first-order valence-electron chi connectivity index (χ1n) is 15.7. The van der Waals surface area contributed by atoms with Gasteiger partial charge in [-0.2, -0.15) is 5.11 Å². The highest BCUT2D eigenvalue weighted by Crippen LogP contribution is 2.34. The average Bonchev–Trinajstić information content (AvgIpc) is 3.03. The van der Waals surface area contributed by atoms with E-state index in [1.165, 1.54) is 82.8 Å². The summed E-state index contributed by atoms with van der Waals surface area (Å²) < 4.78 is 19.1. The van der Waals surface area contributed by atoms with Crippen LogP contribution in [0.25, 0.3) is 10.8 Å². The first kappa shape index (κ1) is 31.1. The van der Waals surface area contributed by atoms with E-state index in [0.717, 1.165) is 46.5 Å². The van der Waals surface area contributed by atoms with Crippen LogP contribution in [-0.4, -0.2) is 12.8 Å². The van der Waals surface area contributed by atoms with Gasteiger partial charge in [0.2, 0.25) is 0 Å². The third-order valence-corrected chi connectivity index (χ3v) is 7.48. The molecule has 0 atom stereocenters. The fourth-order valence-corrected chi connectivity index (χ4v) is 5.01. The fraction of sp³-hybridized carbons (Fsp3) is 0.378. The molecule has 0 radical (unpaired) electrons. The van der Waals surface area contributed by atoms with Crippen LogP contribution in [0, 0.1) is 5.82 Å². The molecule has 0 aliphatic rings. The first-order valence-corrected chi connectivity index (χ1v) is 15.7. The lowest BCUT2D eigenvalue weighted by Gasteiger charge is -2.07. The second kappa shape index (κ2) is 17.8. The Morgan fingerprint density at radius 1 is 0.595 bits per heavy atom. The third-order valence-electron chi connectivity index (χ3n) is 7.48. The second-order valence-corrected chi connectivity index (χ2v) is 10.9. The lowest BCUT2D eigenvalue weighted by molar-refractivity contribution is 0.304. The summed E-state index contributed by atoms with van der Waals surface area (Å²) in [5.41, 5.74) is 3.21. The summed E-state index contributed by atoms with van der Waals surface area (Å²) in [4.78, 5) is 4.76. The van der Waals surface area contributed by atoms with Gasteiger partial charge in [0.15, 0.2) is 0 Å². The Balaban J connectivity index is 1.20. The van der Waals surface area contributed by atoms with Crippen molar-refractivity contribution >= 4 is 34.0 Å². The van der Waals surface area contributed by atoms with Crippen LogP contribution in [0.5, 0.6) is 5.75 Å². The van der Waals surface area contributed by atoms with Crippen LogP contribution < -0.4 is 4.74 Å². The molecule has 42 heavy (non-hydrogen) atoms. The zero-order valence-corrected chi connectivity index (χ0v) is 25.0. The number of azo groups is 1. The van der Waals surface area contributed by atoms with E-state index in [1.807, 2.05) is 66.9 Å². The van der Waals surface area contributed by atoms with Crippen LogP contribution in [0.15, 0.2) is 100 Å². The number of halogens is 1. The minimum Gasteiger partial charge on any atom is -0.494 e. The molecule has 0 saturated heterocycles. The number of aliphatic imine (C=N–C) groups is 1. The molecule has 0 aliphatic carbocycles. The number of ether oxygens (including phenoxy) is 1. The summed E-state index contributed by atoms with van der Waals surface area (Å²) in [5, 5.41) is 10.6. The zero-order valence-electron chi connectivity index (χ0n) is 25.0. The number of hydrogen-bond donors (Lipinski definition) is 0. The molecular formula is C37H44FN3O. The molecule has 0 spiro atoms. The molecule has 0 saturated carbocycles. The van der Waals surface area contributed by atoms with Gasteiger partial charge in [0.1, 0.15) is 11.6 Å². The van der Waals surface area contributed by atoms with Crippen LogP contribution >= 0.6 is 0 Å². The number of hydrogen-bond acceptors (Lipinski definition) is 4. The number of benzene rings is 4. The molecule has 5 heteroatoms. The molecule has 4 rings (SSSR count). The normalized spacial score (nSPS) is 11.7. The Bertz CT molecular complexity index is 1400. The van der Waals surface area contributed by atoms with Crippen LogP contribution in [-0.2, 0) is 0 Å². The quantitative estimate of drug-likeness (QED) is 0.0672. The van der Waals surface area contributed by atoms with Crippen molar-refractivity contribution in [2.45, 2.75) is 84.0 Å². The van der Waals surface area contributed by atoms with Gasteiger partial charge in [0, 0.05) is 17.0 Å². The Labute approximate surface area is 250 Å². The van der Waals surface area contributed by atoms with Crippen LogP contribution in [0.2, 0.25) is 0 Å². The van der Waals surface area contributed by atoms with E-state index in [-0.39, 0.29) is 5.82 Å². The Morgan fingerprint density at radius 3 is 1.81 bits per heavy atom. The van der Waals surface area contributed by atoms with Crippen LogP contribution in [0.1, 0.15) is 89.5 Å². The summed E-state index contributed by atoms with van der Waals surface area (Å²) >= 11 is 0. The smallest absolute Gasteiger partial charge is 0.123 e. The lowest BCUT2D eigenvalue weighted by atomic mass is 10.1. The van der Waals surface area contributed by atoms with Crippen molar-refractivity contribution in [3.05, 3.63) is 96.3 Å². The van der Waals surface area contributed by atoms with Crippen molar-refractivity contribution in [2.75, 3.05) is 6.61 Å². The van der Waals surface area contributed by atoms with Gasteiger partial charge < -0.3 is 4.74 Å². The molecular weight excluding hydrogens is 521 g/mol. The van der Waals surface area contributed by atoms with Crippen molar-refractivity contribution in [3.8, 4) is 5.75 Å². The highest BCUT2D eigenvalue weighted by Gasteiger charge is 2.05. The summed E-state index contributed by atoms with van der Waals surface area (Å²) in [6, 6.07) is 25.9. The molecule has 220 valence electrons. The second-order valence-electron chi connectivity index (χ2n) is 10.9. The van der Waals surface area contributed by atoms with Crippen molar-refractivity contribution in [1.82, 2.24) is 0 Å². The highest BCUT2D eigenvalue weighted by molar-refractivity contribution is 6.01. The van der Waals surface area contributed by atoms with Crippen molar-refractivity contribution < 1.29 is 9.13 Å². The molecule has 0 heterocycles. The Hall–Kier alpha value is -3.86. The van der Waals surface area contributed by atoms with E-state index >= 15 is 0 Å². The Morgan fingerprint density at radius 2 is 1.17 bits per heavy atom. The molecule has 0 fully saturated rings. The van der Waals surface area contributed by atoms with E-state index in [4.69, 9.17) is 9.73 Å².